The van der Waals surface area contributed by atoms with Crippen molar-refractivity contribution in [3.63, 3.8) is 0 Å². The predicted molar refractivity (Wildman–Crippen MR) is 93.7 cm³/mol. The molecule has 1 unspecified atom stereocenters. The Labute approximate surface area is 153 Å². The third-order valence-electron chi connectivity index (χ3n) is 3.96. The van der Waals surface area contributed by atoms with E-state index in [4.69, 9.17) is 0 Å². The van der Waals surface area contributed by atoms with Crippen LogP contribution in [0.2, 0.25) is 0 Å². The molecule has 0 aliphatic carbocycles. The summed E-state index contributed by atoms with van der Waals surface area (Å²) in [7, 11) is 0. The molecule has 3 N–H and O–H groups in total. The van der Waals surface area contributed by atoms with Crippen molar-refractivity contribution in [2.75, 3.05) is 0 Å². The van der Waals surface area contributed by atoms with Gasteiger partial charge in [0.2, 0.25) is 0 Å². The van der Waals surface area contributed by atoms with E-state index in [2.05, 4.69) is 19.7 Å². The van der Waals surface area contributed by atoms with Crippen LogP contribution in [0.3, 0.4) is 0 Å². The predicted octanol–water partition coefficient (Wildman–Crippen LogP) is 0.947. The Kier molecular flexibility index (Phi) is 6.46. The highest BCUT2D eigenvalue weighted by molar-refractivity contribution is 6.25. The second-order valence-corrected chi connectivity index (χ2v) is 5.29. The van der Waals surface area contributed by atoms with Crippen molar-refractivity contribution in [3.8, 4) is 0 Å². The first-order valence-electron chi connectivity index (χ1n) is 7.39. The lowest BCUT2D eigenvalue weighted by Crippen LogP contribution is -2.55. The number of ketones is 3. The Bertz CT molecular complexity index is 858. The summed E-state index contributed by atoms with van der Waals surface area (Å²) in [5.74, 6) is -7.00. The molecule has 0 amide bonds. The summed E-state index contributed by atoms with van der Waals surface area (Å²) in [4.78, 5) is 60.6. The average Bonchev–Trinajstić information content (AvgIpc) is 2.66. The molecule has 140 valence electrons. The van der Waals surface area contributed by atoms with Crippen molar-refractivity contribution in [1.82, 2.24) is 0 Å². The summed E-state index contributed by atoms with van der Waals surface area (Å²) in [6.45, 7) is 9.61. The molecule has 8 nitrogen and oxygen atoms in total. The van der Waals surface area contributed by atoms with Gasteiger partial charge in [-0.1, -0.05) is 31.9 Å². The molecule has 0 saturated heterocycles. The summed E-state index contributed by atoms with van der Waals surface area (Å²) in [5, 5.41) is 29.3. The number of carbonyl (C=O) groups excluding carboxylic acids is 3. The summed E-state index contributed by atoms with van der Waals surface area (Å²) in [6, 6.07) is 2.99. The van der Waals surface area contributed by atoms with Gasteiger partial charge in [-0.05, 0) is 29.9 Å². The highest BCUT2D eigenvalue weighted by Gasteiger charge is 2.54. The van der Waals surface area contributed by atoms with Crippen molar-refractivity contribution in [3.05, 3.63) is 72.9 Å². The maximum atomic E-state index is 12.7. The SMILES string of the molecule is C=CC(=O)C(O)C(C(=O)C=C)(C(=O)C=C)c1cccc(C(=O)O)c1C(=O)O. The van der Waals surface area contributed by atoms with Gasteiger partial charge in [-0.2, -0.15) is 0 Å². The monoisotopic (exact) mass is 372 g/mol. The molecular weight excluding hydrogens is 356 g/mol. The lowest BCUT2D eigenvalue weighted by molar-refractivity contribution is -0.142. The number of carboxylic acids is 2. The maximum absolute atomic E-state index is 12.7. The molecule has 0 radical (unpaired) electrons. The number of benzene rings is 1. The van der Waals surface area contributed by atoms with E-state index in [1.165, 1.54) is 0 Å². The van der Waals surface area contributed by atoms with Crippen LogP contribution in [0.25, 0.3) is 0 Å². The zero-order valence-corrected chi connectivity index (χ0v) is 14.0. The van der Waals surface area contributed by atoms with Gasteiger partial charge in [0.1, 0.15) is 6.10 Å². The van der Waals surface area contributed by atoms with Crippen molar-refractivity contribution in [2.24, 2.45) is 0 Å². The molecule has 0 heterocycles. The number of carbonyl (C=O) groups is 5. The molecule has 1 atom stereocenters. The van der Waals surface area contributed by atoms with Gasteiger partial charge in [0, 0.05) is 0 Å². The van der Waals surface area contributed by atoms with E-state index in [1.54, 1.807) is 0 Å². The van der Waals surface area contributed by atoms with Gasteiger partial charge in [0.15, 0.2) is 22.8 Å². The van der Waals surface area contributed by atoms with E-state index in [0.29, 0.717) is 18.2 Å². The Morgan fingerprint density at radius 2 is 1.41 bits per heavy atom. The highest BCUT2D eigenvalue weighted by atomic mass is 16.4. The molecule has 0 aliphatic rings. The van der Waals surface area contributed by atoms with E-state index < -0.39 is 57.5 Å². The first kappa shape index (κ1) is 21.4. The van der Waals surface area contributed by atoms with Crippen LogP contribution in [0.15, 0.2) is 56.2 Å². The molecule has 27 heavy (non-hydrogen) atoms. The minimum Gasteiger partial charge on any atom is -0.478 e. The van der Waals surface area contributed by atoms with Crippen LogP contribution < -0.4 is 0 Å². The van der Waals surface area contributed by atoms with Crippen molar-refractivity contribution in [2.45, 2.75) is 11.5 Å². The lowest BCUT2D eigenvalue weighted by atomic mass is 9.66. The molecule has 0 aliphatic heterocycles. The first-order chi connectivity index (χ1) is 12.6. The Morgan fingerprint density at radius 1 is 0.889 bits per heavy atom. The molecule has 0 aromatic heterocycles. The average molecular weight is 372 g/mol. The van der Waals surface area contributed by atoms with Crippen molar-refractivity contribution < 1.29 is 39.3 Å². The third kappa shape index (κ3) is 3.38. The third-order valence-corrected chi connectivity index (χ3v) is 3.96. The molecule has 0 spiro atoms. The molecule has 0 fully saturated rings. The van der Waals surface area contributed by atoms with Gasteiger partial charge in [0.05, 0.1) is 11.1 Å². The number of aliphatic hydroxyl groups is 1. The first-order valence-corrected chi connectivity index (χ1v) is 7.39. The summed E-state index contributed by atoms with van der Waals surface area (Å²) in [5.41, 5.74) is -5.12. The van der Waals surface area contributed by atoms with Crippen LogP contribution in [-0.2, 0) is 19.8 Å². The Hall–Kier alpha value is -3.65. The number of aromatic carboxylic acids is 2. The van der Waals surface area contributed by atoms with E-state index in [-0.39, 0.29) is 0 Å². The second-order valence-electron chi connectivity index (χ2n) is 5.29. The molecule has 1 rings (SSSR count). The zero-order valence-electron chi connectivity index (χ0n) is 14.0. The molecule has 1 aromatic carbocycles. The molecular formula is C19H16O8. The number of allylic oxidation sites excluding steroid dienone is 2. The fourth-order valence-corrected chi connectivity index (χ4v) is 2.74. The van der Waals surface area contributed by atoms with Crippen LogP contribution in [0.5, 0.6) is 0 Å². The van der Waals surface area contributed by atoms with E-state index in [0.717, 1.165) is 18.2 Å². The van der Waals surface area contributed by atoms with Crippen LogP contribution >= 0.6 is 0 Å². The number of aliphatic hydroxyl groups excluding tert-OH is 1. The van der Waals surface area contributed by atoms with Gasteiger partial charge < -0.3 is 15.3 Å². The van der Waals surface area contributed by atoms with Crippen molar-refractivity contribution in [1.29, 1.82) is 0 Å². The van der Waals surface area contributed by atoms with Gasteiger partial charge in [0.25, 0.3) is 0 Å². The molecule has 1 aromatic rings. The Morgan fingerprint density at radius 3 is 1.78 bits per heavy atom. The van der Waals surface area contributed by atoms with E-state index in [1.807, 2.05) is 0 Å². The Balaban J connectivity index is 4.22. The zero-order chi connectivity index (χ0) is 20.9. The number of carboxylic acid groups (broad SMARTS) is 2. The minimum atomic E-state index is -2.78. The van der Waals surface area contributed by atoms with Gasteiger partial charge in [-0.25, -0.2) is 9.59 Å². The van der Waals surface area contributed by atoms with Crippen LogP contribution in [0, 0.1) is 0 Å². The number of rotatable bonds is 10. The lowest BCUT2D eigenvalue weighted by Gasteiger charge is -2.34. The van der Waals surface area contributed by atoms with E-state index in [9.17, 15) is 39.3 Å². The minimum absolute atomic E-state index is 0.625. The highest BCUT2D eigenvalue weighted by Crippen LogP contribution is 2.36. The molecule has 8 heteroatoms. The number of hydrogen-bond acceptors (Lipinski definition) is 6. The smallest absolute Gasteiger partial charge is 0.336 e. The fraction of sp³-hybridized carbons (Fsp3) is 0.105. The van der Waals surface area contributed by atoms with Crippen molar-refractivity contribution >= 4 is 29.3 Å². The van der Waals surface area contributed by atoms with Gasteiger partial charge in [-0.3, -0.25) is 14.4 Å². The summed E-state index contributed by atoms with van der Waals surface area (Å²) >= 11 is 0. The van der Waals surface area contributed by atoms with Crippen LogP contribution in [0.4, 0.5) is 0 Å². The standard InChI is InChI=1S/C19H16O8/c1-4-12(20)16(23)19(13(21)5-2,14(22)6-3)11-9-7-8-10(17(24)25)15(11)18(26)27/h4-9,16,23H,1-3H2,(H,24,25)(H,26,27). The summed E-state index contributed by atoms with van der Waals surface area (Å²) in [6.07, 6.45) is -0.485. The van der Waals surface area contributed by atoms with Crippen LogP contribution in [-0.4, -0.2) is 50.7 Å². The summed E-state index contributed by atoms with van der Waals surface area (Å²) < 4.78 is 0. The topological polar surface area (TPSA) is 146 Å². The normalized spacial score (nSPS) is 11.7. The second kappa shape index (κ2) is 8.15. The van der Waals surface area contributed by atoms with Gasteiger partial charge >= 0.3 is 11.9 Å². The fourth-order valence-electron chi connectivity index (χ4n) is 2.74. The van der Waals surface area contributed by atoms with Gasteiger partial charge in [-0.15, -0.1) is 0 Å². The number of hydrogen-bond donors (Lipinski definition) is 3. The molecule has 0 saturated carbocycles. The van der Waals surface area contributed by atoms with Crippen LogP contribution in [0.1, 0.15) is 26.3 Å². The largest absolute Gasteiger partial charge is 0.478 e. The van der Waals surface area contributed by atoms with E-state index >= 15 is 0 Å². The maximum Gasteiger partial charge on any atom is 0.336 e. The molecule has 0 bridgehead atoms. The quantitative estimate of drug-likeness (QED) is 0.406.